The van der Waals surface area contributed by atoms with Gasteiger partial charge in [0.15, 0.2) is 0 Å². The molecule has 6 heteroatoms. The Labute approximate surface area is 151 Å². The molecule has 1 aromatic rings. The number of urea groups is 1. The van der Waals surface area contributed by atoms with E-state index in [0.717, 1.165) is 44.8 Å². The van der Waals surface area contributed by atoms with Gasteiger partial charge in [0.2, 0.25) is 0 Å². The first-order valence-electron chi connectivity index (χ1n) is 9.22. The molecule has 1 aromatic carbocycles. The fraction of sp³-hybridized carbons (Fsp3) is 0.632. The third kappa shape index (κ3) is 7.42. The normalized spacial score (nSPS) is 17.2. The van der Waals surface area contributed by atoms with Gasteiger partial charge in [0.05, 0.1) is 0 Å². The van der Waals surface area contributed by atoms with Crippen molar-refractivity contribution in [1.82, 2.24) is 15.1 Å². The number of anilines is 1. The van der Waals surface area contributed by atoms with Crippen LogP contribution in [0.4, 0.5) is 10.5 Å². The standard InChI is InChI=1S/C19H32N4O2/c1-16(8-14-24)15-20-19(25)21-18-5-3-17(4-6-18)7-9-23-12-10-22(2)11-13-23/h3-6,16,24H,7-15H2,1-2H3,(H2,20,21,25). The van der Waals surface area contributed by atoms with Gasteiger partial charge in [-0.05, 0) is 43.5 Å². The van der Waals surface area contributed by atoms with Crippen molar-refractivity contribution in [2.75, 3.05) is 58.2 Å². The minimum absolute atomic E-state index is 0.153. The van der Waals surface area contributed by atoms with Crippen molar-refractivity contribution in [3.05, 3.63) is 29.8 Å². The molecule has 2 amide bonds. The van der Waals surface area contributed by atoms with Gasteiger partial charge in [-0.1, -0.05) is 19.1 Å². The third-order valence-electron chi connectivity index (χ3n) is 4.76. The molecule has 0 spiro atoms. The van der Waals surface area contributed by atoms with Crippen LogP contribution in [0.5, 0.6) is 0 Å². The summed E-state index contributed by atoms with van der Waals surface area (Å²) in [4.78, 5) is 16.7. The van der Waals surface area contributed by atoms with Gasteiger partial charge in [-0.3, -0.25) is 0 Å². The van der Waals surface area contributed by atoms with Crippen molar-refractivity contribution in [2.24, 2.45) is 5.92 Å². The van der Waals surface area contributed by atoms with Gasteiger partial charge in [-0.25, -0.2) is 4.79 Å². The van der Waals surface area contributed by atoms with Crippen LogP contribution in [0.1, 0.15) is 18.9 Å². The van der Waals surface area contributed by atoms with Crippen LogP contribution < -0.4 is 10.6 Å². The minimum Gasteiger partial charge on any atom is -0.396 e. The lowest BCUT2D eigenvalue weighted by molar-refractivity contribution is 0.155. The Morgan fingerprint density at radius 1 is 1.20 bits per heavy atom. The van der Waals surface area contributed by atoms with Crippen molar-refractivity contribution in [2.45, 2.75) is 19.8 Å². The van der Waals surface area contributed by atoms with E-state index in [1.807, 2.05) is 19.1 Å². The fourth-order valence-electron chi connectivity index (χ4n) is 2.88. The first-order valence-corrected chi connectivity index (χ1v) is 9.22. The van der Waals surface area contributed by atoms with E-state index in [9.17, 15) is 4.79 Å². The van der Waals surface area contributed by atoms with Crippen LogP contribution in [0.3, 0.4) is 0 Å². The molecule has 140 valence electrons. The zero-order valence-electron chi connectivity index (χ0n) is 15.5. The summed E-state index contributed by atoms with van der Waals surface area (Å²) in [7, 11) is 2.17. The van der Waals surface area contributed by atoms with Gasteiger partial charge < -0.3 is 25.5 Å². The zero-order valence-corrected chi connectivity index (χ0v) is 15.5. The molecule has 2 rings (SSSR count). The van der Waals surface area contributed by atoms with Crippen molar-refractivity contribution >= 4 is 11.7 Å². The van der Waals surface area contributed by atoms with Gasteiger partial charge in [-0.2, -0.15) is 0 Å². The van der Waals surface area contributed by atoms with Crippen molar-refractivity contribution in [3.8, 4) is 0 Å². The molecule has 0 radical (unpaired) electrons. The third-order valence-corrected chi connectivity index (χ3v) is 4.76. The number of aliphatic hydroxyl groups excluding tert-OH is 1. The molecule has 1 unspecified atom stereocenters. The number of rotatable bonds is 8. The topological polar surface area (TPSA) is 67.8 Å². The van der Waals surface area contributed by atoms with Gasteiger partial charge in [0.1, 0.15) is 0 Å². The number of hydrogen-bond donors (Lipinski definition) is 3. The number of benzene rings is 1. The lowest BCUT2D eigenvalue weighted by Gasteiger charge is -2.32. The lowest BCUT2D eigenvalue weighted by atomic mass is 10.1. The van der Waals surface area contributed by atoms with E-state index in [0.29, 0.717) is 13.0 Å². The number of carbonyl (C=O) groups is 1. The number of carbonyl (C=O) groups excluding carboxylic acids is 1. The maximum Gasteiger partial charge on any atom is 0.319 e. The second-order valence-corrected chi connectivity index (χ2v) is 7.04. The van der Waals surface area contributed by atoms with Crippen LogP contribution in [-0.2, 0) is 6.42 Å². The summed E-state index contributed by atoms with van der Waals surface area (Å²) in [5.74, 6) is 0.271. The Balaban J connectivity index is 1.69. The molecule has 0 aromatic heterocycles. The van der Waals surface area contributed by atoms with E-state index in [1.165, 1.54) is 5.56 Å². The summed E-state index contributed by atoms with van der Waals surface area (Å²) in [6.07, 6.45) is 1.73. The summed E-state index contributed by atoms with van der Waals surface area (Å²) >= 11 is 0. The molecular weight excluding hydrogens is 316 g/mol. The van der Waals surface area contributed by atoms with Crippen molar-refractivity contribution in [3.63, 3.8) is 0 Å². The molecule has 1 aliphatic heterocycles. The second-order valence-electron chi connectivity index (χ2n) is 7.04. The summed E-state index contributed by atoms with van der Waals surface area (Å²) in [6.45, 7) is 8.39. The summed E-state index contributed by atoms with van der Waals surface area (Å²) in [5, 5.41) is 14.5. The molecule has 0 bridgehead atoms. The Morgan fingerprint density at radius 2 is 1.88 bits per heavy atom. The highest BCUT2D eigenvalue weighted by Gasteiger charge is 2.13. The van der Waals surface area contributed by atoms with Crippen LogP contribution in [0, 0.1) is 5.92 Å². The molecular formula is C19H32N4O2. The number of piperazine rings is 1. The largest absolute Gasteiger partial charge is 0.396 e. The number of likely N-dealkylation sites (N-methyl/N-ethyl adjacent to an activating group) is 1. The van der Waals surface area contributed by atoms with Gasteiger partial charge in [0.25, 0.3) is 0 Å². The first-order chi connectivity index (χ1) is 12.1. The number of aliphatic hydroxyl groups is 1. The molecule has 1 atom stereocenters. The van der Waals surface area contributed by atoms with Crippen molar-refractivity contribution in [1.29, 1.82) is 0 Å². The number of amides is 2. The predicted molar refractivity (Wildman–Crippen MR) is 102 cm³/mol. The number of nitrogens with one attached hydrogen (secondary N) is 2. The quantitative estimate of drug-likeness (QED) is 0.668. The average molecular weight is 348 g/mol. The summed E-state index contributed by atoms with van der Waals surface area (Å²) < 4.78 is 0. The smallest absolute Gasteiger partial charge is 0.319 e. The maximum absolute atomic E-state index is 11.9. The Bertz CT molecular complexity index is 513. The molecule has 1 heterocycles. The van der Waals surface area contributed by atoms with Crippen molar-refractivity contribution < 1.29 is 9.90 Å². The molecule has 1 aliphatic rings. The van der Waals surface area contributed by atoms with Gasteiger partial charge in [0, 0.05) is 51.6 Å². The molecule has 6 nitrogen and oxygen atoms in total. The van der Waals surface area contributed by atoms with Gasteiger partial charge in [-0.15, -0.1) is 0 Å². The highest BCUT2D eigenvalue weighted by atomic mass is 16.3. The lowest BCUT2D eigenvalue weighted by Crippen LogP contribution is -2.45. The minimum atomic E-state index is -0.199. The van der Waals surface area contributed by atoms with Crippen LogP contribution in [0.2, 0.25) is 0 Å². The molecule has 1 fully saturated rings. The van der Waals surface area contributed by atoms with E-state index in [1.54, 1.807) is 0 Å². The highest BCUT2D eigenvalue weighted by molar-refractivity contribution is 5.89. The highest BCUT2D eigenvalue weighted by Crippen LogP contribution is 2.11. The average Bonchev–Trinajstić information content (AvgIpc) is 2.61. The van der Waals surface area contributed by atoms with E-state index in [2.05, 4.69) is 39.6 Å². The molecule has 1 saturated heterocycles. The summed E-state index contributed by atoms with van der Waals surface area (Å²) in [6, 6.07) is 7.88. The monoisotopic (exact) mass is 348 g/mol. The van der Waals surface area contributed by atoms with Crippen LogP contribution in [-0.4, -0.2) is 73.9 Å². The number of nitrogens with zero attached hydrogens (tertiary/aromatic N) is 2. The summed E-state index contributed by atoms with van der Waals surface area (Å²) in [5.41, 5.74) is 2.09. The predicted octanol–water partition coefficient (Wildman–Crippen LogP) is 1.62. The maximum atomic E-state index is 11.9. The molecule has 3 N–H and O–H groups in total. The zero-order chi connectivity index (χ0) is 18.1. The Kier molecular flexibility index (Phi) is 8.18. The van der Waals surface area contributed by atoms with Crippen LogP contribution in [0.15, 0.2) is 24.3 Å². The second kappa shape index (κ2) is 10.4. The Hall–Kier alpha value is -1.63. The van der Waals surface area contributed by atoms with E-state index in [4.69, 9.17) is 5.11 Å². The molecule has 0 aliphatic carbocycles. The van der Waals surface area contributed by atoms with E-state index in [-0.39, 0.29) is 18.6 Å². The fourth-order valence-corrected chi connectivity index (χ4v) is 2.88. The van der Waals surface area contributed by atoms with E-state index < -0.39 is 0 Å². The van der Waals surface area contributed by atoms with E-state index >= 15 is 0 Å². The number of hydrogen-bond acceptors (Lipinski definition) is 4. The SMILES string of the molecule is CC(CCO)CNC(=O)Nc1ccc(CCN2CCN(C)CC2)cc1. The van der Waals surface area contributed by atoms with Gasteiger partial charge >= 0.3 is 6.03 Å². The molecule has 0 saturated carbocycles. The first kappa shape index (κ1) is 19.7. The molecule has 25 heavy (non-hydrogen) atoms. The Morgan fingerprint density at radius 3 is 2.52 bits per heavy atom. The van der Waals surface area contributed by atoms with Crippen LogP contribution in [0.25, 0.3) is 0 Å². The van der Waals surface area contributed by atoms with Crippen LogP contribution >= 0.6 is 0 Å².